The molecule has 1 saturated heterocycles. The Morgan fingerprint density at radius 2 is 2.53 bits per heavy atom. The van der Waals surface area contributed by atoms with Gasteiger partial charge in [-0.3, -0.25) is 4.79 Å². The topological polar surface area (TPSA) is 20.3 Å². The van der Waals surface area contributed by atoms with Gasteiger partial charge in [-0.15, -0.1) is 22.9 Å². The number of nitrogens with zero attached hydrogens (tertiary/aromatic N) is 1. The number of hydrogen-bond acceptors (Lipinski definition) is 2. The molecule has 15 heavy (non-hydrogen) atoms. The van der Waals surface area contributed by atoms with Gasteiger partial charge in [0.25, 0.3) is 0 Å². The van der Waals surface area contributed by atoms with E-state index in [9.17, 15) is 4.79 Å². The molecule has 0 aliphatic carbocycles. The molecule has 1 aliphatic rings. The summed E-state index contributed by atoms with van der Waals surface area (Å²) in [5, 5.41) is 2.01. The molecule has 1 fully saturated rings. The second-order valence-electron chi connectivity index (χ2n) is 3.79. The summed E-state index contributed by atoms with van der Waals surface area (Å²) < 4.78 is 0. The summed E-state index contributed by atoms with van der Waals surface area (Å²) in [6.45, 7) is 0.877. The molecular formula is C11H14ClNOS. The number of alkyl halides is 1. The van der Waals surface area contributed by atoms with E-state index < -0.39 is 0 Å². The van der Waals surface area contributed by atoms with Crippen LogP contribution in [-0.4, -0.2) is 29.3 Å². The van der Waals surface area contributed by atoms with Crippen LogP contribution in [-0.2, 0) is 11.2 Å². The van der Waals surface area contributed by atoms with Gasteiger partial charge in [-0.25, -0.2) is 0 Å². The SMILES string of the molecule is O=C(Cc1cccs1)N1CCCC1CCl. The van der Waals surface area contributed by atoms with Crippen molar-refractivity contribution in [1.82, 2.24) is 4.90 Å². The van der Waals surface area contributed by atoms with Crippen molar-refractivity contribution < 1.29 is 4.79 Å². The molecule has 1 aromatic heterocycles. The number of likely N-dealkylation sites (tertiary alicyclic amines) is 1. The average molecular weight is 244 g/mol. The van der Waals surface area contributed by atoms with Crippen molar-refractivity contribution >= 4 is 28.8 Å². The third kappa shape index (κ3) is 2.52. The van der Waals surface area contributed by atoms with Gasteiger partial charge in [0.2, 0.25) is 5.91 Å². The summed E-state index contributed by atoms with van der Waals surface area (Å²) in [5.41, 5.74) is 0. The Bertz CT molecular complexity index is 325. The third-order valence-corrected chi connectivity index (χ3v) is 4.01. The lowest BCUT2D eigenvalue weighted by atomic mass is 10.2. The number of halogens is 1. The first-order valence-corrected chi connectivity index (χ1v) is 6.60. The molecule has 4 heteroatoms. The fraction of sp³-hybridized carbons (Fsp3) is 0.545. The molecule has 0 radical (unpaired) electrons. The van der Waals surface area contributed by atoms with E-state index in [0.29, 0.717) is 12.3 Å². The van der Waals surface area contributed by atoms with Gasteiger partial charge in [0.15, 0.2) is 0 Å². The van der Waals surface area contributed by atoms with Crippen LogP contribution in [0.5, 0.6) is 0 Å². The van der Waals surface area contributed by atoms with E-state index in [4.69, 9.17) is 11.6 Å². The first-order chi connectivity index (χ1) is 7.31. The number of rotatable bonds is 3. The van der Waals surface area contributed by atoms with Crippen molar-refractivity contribution in [2.75, 3.05) is 12.4 Å². The lowest BCUT2D eigenvalue weighted by molar-refractivity contribution is -0.130. The molecule has 1 aliphatic heterocycles. The molecule has 2 rings (SSSR count). The summed E-state index contributed by atoms with van der Waals surface area (Å²) in [4.78, 5) is 15.0. The maximum Gasteiger partial charge on any atom is 0.228 e. The normalized spacial score (nSPS) is 20.9. The minimum Gasteiger partial charge on any atom is -0.338 e. The highest BCUT2D eigenvalue weighted by Crippen LogP contribution is 2.20. The van der Waals surface area contributed by atoms with E-state index >= 15 is 0 Å². The number of carbonyl (C=O) groups is 1. The number of hydrogen-bond donors (Lipinski definition) is 0. The lowest BCUT2D eigenvalue weighted by Gasteiger charge is -2.22. The minimum atomic E-state index is 0.223. The molecule has 1 unspecified atom stereocenters. The fourth-order valence-corrected chi connectivity index (χ4v) is 3.00. The number of amides is 1. The van der Waals surface area contributed by atoms with Crippen LogP contribution in [0.15, 0.2) is 17.5 Å². The van der Waals surface area contributed by atoms with E-state index in [1.165, 1.54) is 0 Å². The van der Waals surface area contributed by atoms with E-state index in [1.54, 1.807) is 11.3 Å². The summed E-state index contributed by atoms with van der Waals surface area (Å²) in [6, 6.07) is 4.25. The van der Waals surface area contributed by atoms with Gasteiger partial charge < -0.3 is 4.90 Å². The molecule has 0 saturated carbocycles. The van der Waals surface area contributed by atoms with Crippen LogP contribution in [0.3, 0.4) is 0 Å². The van der Waals surface area contributed by atoms with Crippen molar-refractivity contribution in [1.29, 1.82) is 0 Å². The fourth-order valence-electron chi connectivity index (χ4n) is 1.99. The standard InChI is InChI=1S/C11H14ClNOS/c12-8-9-3-1-5-13(9)11(14)7-10-4-2-6-15-10/h2,4,6,9H,1,3,5,7-8H2. The van der Waals surface area contributed by atoms with Gasteiger partial charge in [0.05, 0.1) is 6.42 Å². The minimum absolute atomic E-state index is 0.223. The van der Waals surface area contributed by atoms with E-state index in [1.807, 2.05) is 22.4 Å². The average Bonchev–Trinajstić information content (AvgIpc) is 2.86. The maximum absolute atomic E-state index is 12.0. The van der Waals surface area contributed by atoms with Gasteiger partial charge >= 0.3 is 0 Å². The largest absolute Gasteiger partial charge is 0.338 e. The van der Waals surface area contributed by atoms with Crippen molar-refractivity contribution in [3.8, 4) is 0 Å². The second kappa shape index (κ2) is 4.99. The third-order valence-electron chi connectivity index (χ3n) is 2.78. The van der Waals surface area contributed by atoms with Crippen LogP contribution in [0.4, 0.5) is 0 Å². The van der Waals surface area contributed by atoms with Crippen LogP contribution in [0.2, 0.25) is 0 Å². The van der Waals surface area contributed by atoms with E-state index in [2.05, 4.69) is 0 Å². The predicted octanol–water partition coefficient (Wildman–Crippen LogP) is 2.52. The Morgan fingerprint density at radius 1 is 1.67 bits per heavy atom. The Morgan fingerprint density at radius 3 is 3.20 bits per heavy atom. The van der Waals surface area contributed by atoms with Crippen molar-refractivity contribution in [2.45, 2.75) is 25.3 Å². The van der Waals surface area contributed by atoms with Gasteiger partial charge in [-0.2, -0.15) is 0 Å². The Hall–Kier alpha value is -0.540. The van der Waals surface area contributed by atoms with Crippen LogP contribution in [0.1, 0.15) is 17.7 Å². The zero-order chi connectivity index (χ0) is 10.7. The van der Waals surface area contributed by atoms with Crippen molar-refractivity contribution in [3.63, 3.8) is 0 Å². The summed E-state index contributed by atoms with van der Waals surface area (Å²) >= 11 is 7.48. The maximum atomic E-state index is 12.0. The zero-order valence-electron chi connectivity index (χ0n) is 8.49. The van der Waals surface area contributed by atoms with Gasteiger partial charge in [-0.05, 0) is 24.3 Å². The molecule has 2 nitrogen and oxygen atoms in total. The lowest BCUT2D eigenvalue weighted by Crippen LogP contribution is -2.37. The Labute approximate surface area is 98.8 Å². The first-order valence-electron chi connectivity index (χ1n) is 5.19. The smallest absolute Gasteiger partial charge is 0.228 e. The van der Waals surface area contributed by atoms with Gasteiger partial charge in [-0.1, -0.05) is 6.07 Å². The Balaban J connectivity index is 1.96. The van der Waals surface area contributed by atoms with Crippen LogP contribution < -0.4 is 0 Å². The number of carbonyl (C=O) groups excluding carboxylic acids is 1. The molecule has 1 amide bonds. The van der Waals surface area contributed by atoms with Crippen LogP contribution in [0, 0.1) is 0 Å². The zero-order valence-corrected chi connectivity index (χ0v) is 10.1. The molecule has 2 heterocycles. The monoisotopic (exact) mass is 243 g/mol. The molecular weight excluding hydrogens is 230 g/mol. The summed E-state index contributed by atoms with van der Waals surface area (Å²) in [7, 11) is 0. The molecule has 0 N–H and O–H groups in total. The number of thiophene rings is 1. The molecule has 0 bridgehead atoms. The second-order valence-corrected chi connectivity index (χ2v) is 5.13. The van der Waals surface area contributed by atoms with Crippen molar-refractivity contribution in [2.24, 2.45) is 0 Å². The van der Waals surface area contributed by atoms with Crippen LogP contribution in [0.25, 0.3) is 0 Å². The highest BCUT2D eigenvalue weighted by Gasteiger charge is 2.27. The molecule has 1 aromatic rings. The predicted molar refractivity (Wildman–Crippen MR) is 63.5 cm³/mol. The summed E-state index contributed by atoms with van der Waals surface area (Å²) in [5.74, 6) is 0.788. The Kier molecular flexibility index (Phi) is 3.65. The first kappa shape index (κ1) is 11.0. The highest BCUT2D eigenvalue weighted by atomic mass is 35.5. The summed E-state index contributed by atoms with van der Waals surface area (Å²) in [6.07, 6.45) is 2.68. The molecule has 82 valence electrons. The van der Waals surface area contributed by atoms with Gasteiger partial charge in [0.1, 0.15) is 0 Å². The molecule has 0 aromatic carbocycles. The highest BCUT2D eigenvalue weighted by molar-refractivity contribution is 7.10. The van der Waals surface area contributed by atoms with Gasteiger partial charge in [0, 0.05) is 23.3 Å². The molecule has 0 spiro atoms. The van der Waals surface area contributed by atoms with Crippen molar-refractivity contribution in [3.05, 3.63) is 22.4 Å². The van der Waals surface area contributed by atoms with Crippen LogP contribution >= 0.6 is 22.9 Å². The quantitative estimate of drug-likeness (QED) is 0.748. The molecule has 1 atom stereocenters. The van der Waals surface area contributed by atoms with E-state index in [-0.39, 0.29) is 11.9 Å². The van der Waals surface area contributed by atoms with E-state index in [0.717, 1.165) is 24.3 Å².